The van der Waals surface area contributed by atoms with Gasteiger partial charge in [0.1, 0.15) is 0 Å². The number of sulfonamides is 1. The van der Waals surface area contributed by atoms with Gasteiger partial charge >= 0.3 is 0 Å². The molecule has 0 aromatic heterocycles. The van der Waals surface area contributed by atoms with Gasteiger partial charge in [-0.2, -0.15) is 4.31 Å². The van der Waals surface area contributed by atoms with Crippen LogP contribution in [0.25, 0.3) is 0 Å². The lowest BCUT2D eigenvalue weighted by atomic mass is 10.0. The predicted molar refractivity (Wildman–Crippen MR) is 101 cm³/mol. The van der Waals surface area contributed by atoms with Crippen LogP contribution in [0, 0.1) is 0 Å². The predicted octanol–water partition coefficient (Wildman–Crippen LogP) is 1.76. The molecule has 1 amide bonds. The van der Waals surface area contributed by atoms with Crippen LogP contribution in [0.2, 0.25) is 0 Å². The SMILES string of the molecule is CC(c1ccccc1)N(CCC(=O)N1CCC2(CC1)OCCO2)S(C)(=O)=O. The third kappa shape index (κ3) is 4.87. The first kappa shape index (κ1) is 20.3. The molecule has 150 valence electrons. The fraction of sp³-hybridized carbons (Fsp3) is 0.632. The van der Waals surface area contributed by atoms with E-state index < -0.39 is 15.8 Å². The van der Waals surface area contributed by atoms with Gasteiger partial charge in [0.15, 0.2) is 5.79 Å². The summed E-state index contributed by atoms with van der Waals surface area (Å²) in [4.78, 5) is 14.4. The monoisotopic (exact) mass is 396 g/mol. The fourth-order valence-corrected chi connectivity index (χ4v) is 4.91. The van der Waals surface area contributed by atoms with Gasteiger partial charge in [-0.25, -0.2) is 8.42 Å². The Bertz CT molecular complexity index is 737. The molecule has 2 aliphatic heterocycles. The Balaban J connectivity index is 1.58. The molecule has 0 radical (unpaired) electrons. The van der Waals surface area contributed by atoms with E-state index in [0.717, 1.165) is 5.56 Å². The maximum absolute atomic E-state index is 12.6. The van der Waals surface area contributed by atoms with E-state index in [0.29, 0.717) is 39.1 Å². The van der Waals surface area contributed by atoms with Crippen molar-refractivity contribution in [3.63, 3.8) is 0 Å². The lowest BCUT2D eigenvalue weighted by Crippen LogP contribution is -2.48. The summed E-state index contributed by atoms with van der Waals surface area (Å²) in [5.74, 6) is -0.547. The van der Waals surface area contributed by atoms with E-state index in [-0.39, 0.29) is 24.9 Å². The minimum Gasteiger partial charge on any atom is -0.347 e. The summed E-state index contributed by atoms with van der Waals surface area (Å²) >= 11 is 0. The molecule has 27 heavy (non-hydrogen) atoms. The lowest BCUT2D eigenvalue weighted by molar-refractivity contribution is -0.187. The Morgan fingerprint density at radius 2 is 1.78 bits per heavy atom. The topological polar surface area (TPSA) is 76.2 Å². The van der Waals surface area contributed by atoms with Crippen LogP contribution in [0.1, 0.15) is 37.8 Å². The Hall–Kier alpha value is -1.48. The van der Waals surface area contributed by atoms with Crippen LogP contribution in [0.3, 0.4) is 0 Å². The minimum atomic E-state index is -3.43. The zero-order valence-corrected chi connectivity index (χ0v) is 16.8. The van der Waals surface area contributed by atoms with Gasteiger partial charge < -0.3 is 14.4 Å². The van der Waals surface area contributed by atoms with Gasteiger partial charge in [0.2, 0.25) is 15.9 Å². The highest BCUT2D eigenvalue weighted by atomic mass is 32.2. The third-order valence-corrected chi connectivity index (χ3v) is 6.73. The smallest absolute Gasteiger partial charge is 0.223 e. The number of amides is 1. The molecule has 3 rings (SSSR count). The molecule has 2 heterocycles. The highest BCUT2D eigenvalue weighted by Crippen LogP contribution is 2.31. The van der Waals surface area contributed by atoms with Gasteiger partial charge in [0.05, 0.1) is 19.5 Å². The van der Waals surface area contributed by atoms with Crippen LogP contribution in [-0.2, 0) is 24.3 Å². The highest BCUT2D eigenvalue weighted by Gasteiger charge is 2.40. The summed E-state index contributed by atoms with van der Waals surface area (Å²) in [6, 6.07) is 9.14. The largest absolute Gasteiger partial charge is 0.347 e. The molecule has 1 unspecified atom stereocenters. The first-order chi connectivity index (χ1) is 12.8. The average Bonchev–Trinajstić information content (AvgIpc) is 3.09. The maximum Gasteiger partial charge on any atom is 0.223 e. The number of nitrogens with zero attached hydrogens (tertiary/aromatic N) is 2. The summed E-state index contributed by atoms with van der Waals surface area (Å²) in [6.45, 7) is 4.38. The molecule has 0 bridgehead atoms. The number of hydrogen-bond acceptors (Lipinski definition) is 5. The molecule has 0 saturated carbocycles. The second kappa shape index (κ2) is 8.26. The number of benzene rings is 1. The Kier molecular flexibility index (Phi) is 6.20. The van der Waals surface area contributed by atoms with Crippen molar-refractivity contribution in [2.45, 2.75) is 38.0 Å². The molecule has 0 aliphatic carbocycles. The number of carbonyl (C=O) groups is 1. The van der Waals surface area contributed by atoms with E-state index in [1.807, 2.05) is 37.3 Å². The number of hydrogen-bond donors (Lipinski definition) is 0. The molecular weight excluding hydrogens is 368 g/mol. The summed E-state index contributed by atoms with van der Waals surface area (Å²) < 4.78 is 37.3. The van der Waals surface area contributed by atoms with Crippen LogP contribution >= 0.6 is 0 Å². The normalized spacial score (nSPS) is 20.9. The number of rotatable bonds is 6. The average molecular weight is 397 g/mol. The standard InChI is InChI=1S/C19H28N2O5S/c1-16(17-6-4-3-5-7-17)21(27(2,23)24)11-8-18(22)20-12-9-19(10-13-20)25-14-15-26-19/h3-7,16H,8-15H2,1-2H3. The Morgan fingerprint density at radius 1 is 1.19 bits per heavy atom. The molecule has 1 spiro atoms. The first-order valence-electron chi connectivity index (χ1n) is 9.38. The molecule has 2 aliphatic rings. The number of carbonyl (C=O) groups excluding carboxylic acids is 1. The van der Waals surface area contributed by atoms with Gasteiger partial charge in [-0.1, -0.05) is 30.3 Å². The number of piperidine rings is 1. The number of likely N-dealkylation sites (tertiary alicyclic amines) is 1. The third-order valence-electron chi connectivity index (χ3n) is 5.38. The molecule has 0 N–H and O–H groups in total. The second-order valence-corrected chi connectivity index (χ2v) is 9.13. The van der Waals surface area contributed by atoms with Crippen molar-refractivity contribution in [3.8, 4) is 0 Å². The van der Waals surface area contributed by atoms with Crippen molar-refractivity contribution in [1.29, 1.82) is 0 Å². The highest BCUT2D eigenvalue weighted by molar-refractivity contribution is 7.88. The summed E-state index contributed by atoms with van der Waals surface area (Å²) in [6.07, 6.45) is 2.68. The number of ether oxygens (including phenoxy) is 2. The zero-order valence-electron chi connectivity index (χ0n) is 16.0. The quantitative estimate of drug-likeness (QED) is 0.732. The molecule has 2 saturated heterocycles. The van der Waals surface area contributed by atoms with E-state index >= 15 is 0 Å². The van der Waals surface area contributed by atoms with E-state index in [9.17, 15) is 13.2 Å². The van der Waals surface area contributed by atoms with Crippen LogP contribution < -0.4 is 0 Å². The van der Waals surface area contributed by atoms with Gasteiger partial charge in [0, 0.05) is 44.9 Å². The van der Waals surface area contributed by atoms with Crippen molar-refractivity contribution in [2.75, 3.05) is 39.1 Å². The zero-order chi connectivity index (χ0) is 19.5. The Morgan fingerprint density at radius 3 is 2.33 bits per heavy atom. The van der Waals surface area contributed by atoms with Gasteiger partial charge in [-0.05, 0) is 12.5 Å². The van der Waals surface area contributed by atoms with Crippen LogP contribution in [0.5, 0.6) is 0 Å². The van der Waals surface area contributed by atoms with Crippen molar-refractivity contribution < 1.29 is 22.7 Å². The van der Waals surface area contributed by atoms with Crippen molar-refractivity contribution in [1.82, 2.24) is 9.21 Å². The van der Waals surface area contributed by atoms with Gasteiger partial charge in [-0.15, -0.1) is 0 Å². The van der Waals surface area contributed by atoms with Crippen molar-refractivity contribution in [3.05, 3.63) is 35.9 Å². The van der Waals surface area contributed by atoms with Gasteiger partial charge in [0.25, 0.3) is 0 Å². The van der Waals surface area contributed by atoms with E-state index in [1.165, 1.54) is 10.6 Å². The second-order valence-electron chi connectivity index (χ2n) is 7.20. The molecule has 7 nitrogen and oxygen atoms in total. The molecule has 8 heteroatoms. The van der Waals surface area contributed by atoms with E-state index in [1.54, 1.807) is 4.90 Å². The summed E-state index contributed by atoms with van der Waals surface area (Å²) in [5, 5.41) is 0. The molecule has 2 fully saturated rings. The molecular formula is C19H28N2O5S. The van der Waals surface area contributed by atoms with Gasteiger partial charge in [-0.3, -0.25) is 4.79 Å². The fourth-order valence-electron chi connectivity index (χ4n) is 3.79. The molecule has 1 aromatic carbocycles. The minimum absolute atomic E-state index is 0.0308. The van der Waals surface area contributed by atoms with E-state index in [2.05, 4.69) is 0 Å². The molecule has 1 atom stereocenters. The maximum atomic E-state index is 12.6. The first-order valence-corrected chi connectivity index (χ1v) is 11.2. The molecule has 1 aromatic rings. The van der Waals surface area contributed by atoms with E-state index in [4.69, 9.17) is 9.47 Å². The van der Waals surface area contributed by atoms with Crippen LogP contribution in [0.15, 0.2) is 30.3 Å². The lowest BCUT2D eigenvalue weighted by Gasteiger charge is -2.38. The summed E-state index contributed by atoms with van der Waals surface area (Å²) in [7, 11) is -3.43. The summed E-state index contributed by atoms with van der Waals surface area (Å²) in [5.41, 5.74) is 0.908. The Labute approximate surface area is 161 Å². The van der Waals surface area contributed by atoms with Crippen LogP contribution in [0.4, 0.5) is 0 Å². The van der Waals surface area contributed by atoms with Crippen LogP contribution in [-0.4, -0.2) is 68.4 Å². The van der Waals surface area contributed by atoms with Crippen molar-refractivity contribution >= 4 is 15.9 Å². The van der Waals surface area contributed by atoms with Crippen molar-refractivity contribution in [2.24, 2.45) is 0 Å².